The second-order valence-electron chi connectivity index (χ2n) is 6.95. The molecule has 0 bridgehead atoms. The number of benzene rings is 1. The van der Waals surface area contributed by atoms with E-state index in [4.69, 9.17) is 5.73 Å². The summed E-state index contributed by atoms with van der Waals surface area (Å²) in [6.45, 7) is 9.11. The smallest absolute Gasteiger partial charge is 0.0486 e. The van der Waals surface area contributed by atoms with Crippen molar-refractivity contribution in [3.8, 4) is 0 Å². The largest absolute Gasteiger partial charge is 0.399 e. The van der Waals surface area contributed by atoms with Crippen LogP contribution in [0.15, 0.2) is 24.3 Å². The number of aromatic nitrogens is 1. The van der Waals surface area contributed by atoms with Crippen molar-refractivity contribution in [1.82, 2.24) is 9.88 Å². The number of rotatable bonds is 1. The van der Waals surface area contributed by atoms with Gasteiger partial charge in [-0.15, -0.1) is 0 Å². The first-order valence-corrected chi connectivity index (χ1v) is 7.58. The maximum atomic E-state index is 5.95. The molecule has 20 heavy (non-hydrogen) atoms. The molecule has 3 heteroatoms. The van der Waals surface area contributed by atoms with E-state index < -0.39 is 0 Å². The first-order valence-electron chi connectivity index (χ1n) is 7.58. The third kappa shape index (κ3) is 2.31. The predicted molar refractivity (Wildman–Crippen MR) is 86.2 cm³/mol. The highest BCUT2D eigenvalue weighted by molar-refractivity contribution is 5.85. The fraction of sp³-hybridized carbons (Fsp3) is 0.529. The Morgan fingerprint density at radius 1 is 1.15 bits per heavy atom. The monoisotopic (exact) mass is 271 g/mol. The summed E-state index contributed by atoms with van der Waals surface area (Å²) in [7, 11) is 0. The van der Waals surface area contributed by atoms with Gasteiger partial charge in [-0.3, -0.25) is 0 Å². The molecular weight excluding hydrogens is 246 g/mol. The summed E-state index contributed by atoms with van der Waals surface area (Å²) in [5.74, 6) is 0. The quantitative estimate of drug-likeness (QED) is 0.780. The Kier molecular flexibility index (Phi) is 3.25. The number of hydrogen-bond donors (Lipinski definition) is 2. The third-order valence-corrected chi connectivity index (χ3v) is 4.31. The lowest BCUT2D eigenvalue weighted by atomic mass is 9.91. The van der Waals surface area contributed by atoms with Crippen molar-refractivity contribution >= 4 is 16.6 Å². The van der Waals surface area contributed by atoms with Gasteiger partial charge in [-0.05, 0) is 50.2 Å². The summed E-state index contributed by atoms with van der Waals surface area (Å²) in [6, 6.07) is 9.23. The minimum Gasteiger partial charge on any atom is -0.399 e. The lowest BCUT2D eigenvalue weighted by Gasteiger charge is -2.31. The number of hydrogen-bond acceptors (Lipinski definition) is 2. The van der Waals surface area contributed by atoms with Crippen LogP contribution in [-0.2, 0) is 5.41 Å². The normalized spacial score (nSPS) is 17.8. The molecule has 2 aromatic rings. The molecule has 108 valence electrons. The number of nitrogen functional groups attached to an aromatic ring is 1. The van der Waals surface area contributed by atoms with Crippen molar-refractivity contribution in [3.05, 3.63) is 30.0 Å². The van der Waals surface area contributed by atoms with Gasteiger partial charge in [0.25, 0.3) is 0 Å². The molecule has 1 aromatic heterocycles. The zero-order valence-corrected chi connectivity index (χ0v) is 12.7. The van der Waals surface area contributed by atoms with Gasteiger partial charge in [0.2, 0.25) is 0 Å². The summed E-state index contributed by atoms with van der Waals surface area (Å²) >= 11 is 0. The van der Waals surface area contributed by atoms with Gasteiger partial charge in [-0.1, -0.05) is 20.8 Å². The van der Waals surface area contributed by atoms with Gasteiger partial charge in [0.15, 0.2) is 0 Å². The number of nitrogens with two attached hydrogens (primary N) is 1. The van der Waals surface area contributed by atoms with Crippen LogP contribution in [-0.4, -0.2) is 17.7 Å². The molecule has 1 aliphatic heterocycles. The molecule has 3 nitrogen and oxygen atoms in total. The number of fused-ring (bicyclic) bond motifs is 1. The number of piperidine rings is 1. The first-order chi connectivity index (χ1) is 9.47. The minimum atomic E-state index is 0.151. The van der Waals surface area contributed by atoms with Gasteiger partial charge < -0.3 is 15.6 Å². The lowest BCUT2D eigenvalue weighted by molar-refractivity contribution is 0.355. The Balaban J connectivity index is 2.20. The lowest BCUT2D eigenvalue weighted by Crippen LogP contribution is -2.31. The zero-order chi connectivity index (χ0) is 14.3. The Morgan fingerprint density at radius 2 is 1.85 bits per heavy atom. The molecule has 0 amide bonds. The van der Waals surface area contributed by atoms with E-state index in [-0.39, 0.29) is 5.41 Å². The van der Waals surface area contributed by atoms with Crippen molar-refractivity contribution in [1.29, 1.82) is 0 Å². The Labute approximate surface area is 121 Å². The maximum absolute atomic E-state index is 5.95. The van der Waals surface area contributed by atoms with Gasteiger partial charge in [0.05, 0.1) is 0 Å². The molecule has 2 heterocycles. The first kappa shape index (κ1) is 13.5. The molecular formula is C17H25N3. The Bertz CT molecular complexity index is 613. The predicted octanol–water partition coefficient (Wildman–Crippen LogP) is 3.45. The molecule has 0 radical (unpaired) electrons. The Hall–Kier alpha value is -1.48. The van der Waals surface area contributed by atoms with Gasteiger partial charge in [0, 0.05) is 33.7 Å². The van der Waals surface area contributed by atoms with Crippen LogP contribution < -0.4 is 11.1 Å². The molecule has 1 fully saturated rings. The van der Waals surface area contributed by atoms with E-state index in [9.17, 15) is 0 Å². The fourth-order valence-electron chi connectivity index (χ4n) is 3.29. The van der Waals surface area contributed by atoms with E-state index >= 15 is 0 Å². The fourth-order valence-corrected chi connectivity index (χ4v) is 3.29. The van der Waals surface area contributed by atoms with Crippen LogP contribution in [0, 0.1) is 0 Å². The van der Waals surface area contributed by atoms with Gasteiger partial charge in [-0.2, -0.15) is 0 Å². The molecule has 1 aromatic carbocycles. The Morgan fingerprint density at radius 3 is 2.50 bits per heavy atom. The SMILES string of the molecule is CC(C)(C)c1cc2cc(N)ccc2n1C1CCNCC1. The topological polar surface area (TPSA) is 43.0 Å². The average Bonchev–Trinajstić information content (AvgIpc) is 2.78. The minimum absolute atomic E-state index is 0.151. The summed E-state index contributed by atoms with van der Waals surface area (Å²) in [6.07, 6.45) is 2.41. The van der Waals surface area contributed by atoms with Crippen molar-refractivity contribution in [2.75, 3.05) is 18.8 Å². The van der Waals surface area contributed by atoms with Crippen LogP contribution in [0.25, 0.3) is 10.9 Å². The van der Waals surface area contributed by atoms with Gasteiger partial charge in [0.1, 0.15) is 0 Å². The summed E-state index contributed by atoms with van der Waals surface area (Å²) in [5, 5.41) is 4.73. The molecule has 0 spiro atoms. The maximum Gasteiger partial charge on any atom is 0.0486 e. The van der Waals surface area contributed by atoms with E-state index in [0.29, 0.717) is 6.04 Å². The number of anilines is 1. The molecule has 3 N–H and O–H groups in total. The van der Waals surface area contributed by atoms with E-state index in [1.165, 1.54) is 29.4 Å². The summed E-state index contributed by atoms with van der Waals surface area (Å²) < 4.78 is 2.57. The highest BCUT2D eigenvalue weighted by Gasteiger charge is 2.26. The highest BCUT2D eigenvalue weighted by Crippen LogP contribution is 2.35. The molecule has 1 saturated heterocycles. The van der Waals surface area contributed by atoms with Crippen molar-refractivity contribution in [2.24, 2.45) is 0 Å². The van der Waals surface area contributed by atoms with Crippen LogP contribution in [0.3, 0.4) is 0 Å². The molecule has 0 aliphatic carbocycles. The van der Waals surface area contributed by atoms with Crippen LogP contribution in [0.5, 0.6) is 0 Å². The summed E-state index contributed by atoms with van der Waals surface area (Å²) in [5.41, 5.74) is 9.70. The molecule has 0 saturated carbocycles. The summed E-state index contributed by atoms with van der Waals surface area (Å²) in [4.78, 5) is 0. The average molecular weight is 271 g/mol. The highest BCUT2D eigenvalue weighted by atomic mass is 15.1. The van der Waals surface area contributed by atoms with Crippen molar-refractivity contribution in [2.45, 2.75) is 45.1 Å². The van der Waals surface area contributed by atoms with E-state index in [1.54, 1.807) is 0 Å². The third-order valence-electron chi connectivity index (χ3n) is 4.31. The number of nitrogens with one attached hydrogen (secondary N) is 1. The second kappa shape index (κ2) is 4.81. The van der Waals surface area contributed by atoms with Crippen LogP contribution in [0.1, 0.15) is 45.3 Å². The van der Waals surface area contributed by atoms with Crippen molar-refractivity contribution < 1.29 is 0 Å². The van der Waals surface area contributed by atoms with Crippen LogP contribution in [0.2, 0.25) is 0 Å². The van der Waals surface area contributed by atoms with E-state index in [1.807, 2.05) is 6.07 Å². The van der Waals surface area contributed by atoms with Gasteiger partial charge >= 0.3 is 0 Å². The number of nitrogens with zero attached hydrogens (tertiary/aromatic N) is 1. The van der Waals surface area contributed by atoms with Crippen LogP contribution >= 0.6 is 0 Å². The zero-order valence-electron chi connectivity index (χ0n) is 12.7. The standard InChI is InChI=1S/C17H25N3/c1-17(2,3)16-11-12-10-13(18)4-5-15(12)20(16)14-6-8-19-9-7-14/h4-5,10-11,14,19H,6-9,18H2,1-3H3. The van der Waals surface area contributed by atoms with E-state index in [2.05, 4.69) is 48.9 Å². The van der Waals surface area contributed by atoms with Gasteiger partial charge in [-0.25, -0.2) is 0 Å². The molecule has 0 unspecified atom stereocenters. The van der Waals surface area contributed by atoms with Crippen molar-refractivity contribution in [3.63, 3.8) is 0 Å². The van der Waals surface area contributed by atoms with Crippen LogP contribution in [0.4, 0.5) is 5.69 Å². The second-order valence-corrected chi connectivity index (χ2v) is 6.95. The molecule has 3 rings (SSSR count). The molecule has 1 aliphatic rings. The van der Waals surface area contributed by atoms with E-state index in [0.717, 1.165) is 18.8 Å². The molecule has 0 atom stereocenters.